The van der Waals surface area contributed by atoms with Gasteiger partial charge in [-0.2, -0.15) is 0 Å². The smallest absolute Gasteiger partial charge is 0.357 e. The van der Waals surface area contributed by atoms with Gasteiger partial charge in [0.05, 0.1) is 0 Å². The van der Waals surface area contributed by atoms with E-state index in [2.05, 4.69) is 12.6 Å². The van der Waals surface area contributed by atoms with Crippen molar-refractivity contribution in [1.82, 2.24) is 0 Å². The molecule has 1 unspecified atom stereocenters. The summed E-state index contributed by atoms with van der Waals surface area (Å²) in [5.41, 5.74) is 0. The van der Waals surface area contributed by atoms with Crippen LogP contribution in [0.5, 0.6) is 0 Å². The van der Waals surface area contributed by atoms with Crippen molar-refractivity contribution in [1.29, 1.82) is 0 Å². The molecule has 0 aromatic carbocycles. The molecule has 1 rings (SSSR count). The van der Waals surface area contributed by atoms with Crippen LogP contribution in [0.1, 0.15) is 0 Å². The van der Waals surface area contributed by atoms with Gasteiger partial charge in [0.25, 0.3) is 0 Å². The fraction of sp³-hybridized carbons (Fsp3) is 0.167. The summed E-state index contributed by atoms with van der Waals surface area (Å²) in [6.07, 6.45) is 3.07. The Bertz CT molecular complexity index is 223. The first-order valence-electron chi connectivity index (χ1n) is 2.82. The minimum absolute atomic E-state index is 1.13. The molecule has 1 N–H and O–H groups in total. The maximum Gasteiger partial charge on any atom is 0.357 e. The molecule has 0 radical (unpaired) electrons. The lowest BCUT2D eigenvalue weighted by atomic mass is 10.6. The number of halogens is 1. The highest BCUT2D eigenvalue weighted by Gasteiger charge is 2.35. The molecule has 1 atom stereocenters. The van der Waals surface area contributed by atoms with Gasteiger partial charge in [-0.1, -0.05) is 22.2 Å². The van der Waals surface area contributed by atoms with Crippen LogP contribution in [-0.4, -0.2) is 15.2 Å². The lowest BCUT2D eigenvalue weighted by Gasteiger charge is -2.26. The molecule has 0 saturated carbocycles. The van der Waals surface area contributed by atoms with Crippen LogP contribution in [0.4, 0.5) is 9.18 Å². The summed E-state index contributed by atoms with van der Waals surface area (Å²) in [5.74, 6) is 0. The maximum atomic E-state index is 12.7. The van der Waals surface area contributed by atoms with Gasteiger partial charge in [0.15, 0.2) is 4.84 Å². The molecule has 1 aliphatic heterocycles. The Morgan fingerprint density at radius 2 is 2.00 bits per heavy atom. The zero-order valence-corrected chi connectivity index (χ0v) is 7.19. The minimum atomic E-state index is -2.44. The van der Waals surface area contributed by atoms with E-state index in [4.69, 9.17) is 5.11 Å². The fourth-order valence-corrected chi connectivity index (χ4v) is 2.87. The second-order valence-electron chi connectivity index (χ2n) is 1.98. The summed E-state index contributed by atoms with van der Waals surface area (Å²) in [6, 6.07) is 0. The molecule has 11 heavy (non-hydrogen) atoms. The lowest BCUT2D eigenvalue weighted by Crippen LogP contribution is -2.10. The molecule has 0 amide bonds. The predicted molar refractivity (Wildman–Crippen MR) is 47.8 cm³/mol. The van der Waals surface area contributed by atoms with Crippen molar-refractivity contribution in [3.05, 3.63) is 23.0 Å². The van der Waals surface area contributed by atoms with E-state index < -0.39 is 20.2 Å². The van der Waals surface area contributed by atoms with Gasteiger partial charge < -0.3 is 5.11 Å². The Morgan fingerprint density at radius 3 is 2.18 bits per heavy atom. The average Bonchev–Trinajstić information content (AvgIpc) is 2.34. The fourth-order valence-electron chi connectivity index (χ4n) is 0.725. The molecule has 0 aliphatic carbocycles. The first-order chi connectivity index (χ1) is 5.09. The predicted octanol–water partition coefficient (Wildman–Crippen LogP) is 2.69. The van der Waals surface area contributed by atoms with Crippen molar-refractivity contribution in [2.24, 2.45) is 0 Å². The Morgan fingerprint density at radius 1 is 1.55 bits per heavy atom. The van der Waals surface area contributed by atoms with Gasteiger partial charge in [0, 0.05) is 0 Å². The van der Waals surface area contributed by atoms with Gasteiger partial charge in [-0.05, 0) is 10.8 Å². The topological polar surface area (TPSA) is 37.3 Å². The first-order valence-corrected chi connectivity index (χ1v) is 5.15. The van der Waals surface area contributed by atoms with E-state index >= 15 is 0 Å². The summed E-state index contributed by atoms with van der Waals surface area (Å²) >= 11 is 3.51. The van der Waals surface area contributed by atoms with Crippen molar-refractivity contribution >= 4 is 28.0 Å². The highest BCUT2D eigenvalue weighted by atomic mass is 32.3. The summed E-state index contributed by atoms with van der Waals surface area (Å²) < 4.78 is 12.7. The molecule has 0 spiro atoms. The molecule has 5 heteroatoms. The van der Waals surface area contributed by atoms with Crippen LogP contribution in [0.2, 0.25) is 0 Å². The molecular formula is C6H7FO2S2. The minimum Gasteiger partial charge on any atom is -0.474 e. The van der Waals surface area contributed by atoms with Crippen LogP contribution in [0.25, 0.3) is 0 Å². The molecule has 0 fully saturated rings. The molecular weight excluding hydrogens is 187 g/mol. The number of allylic oxidation sites excluding steroid dienone is 2. The van der Waals surface area contributed by atoms with E-state index in [0.29, 0.717) is 0 Å². The Labute approximate surface area is 70.5 Å². The highest BCUT2D eigenvalue weighted by molar-refractivity contribution is 8.52. The van der Waals surface area contributed by atoms with E-state index in [1.54, 1.807) is 0 Å². The van der Waals surface area contributed by atoms with Gasteiger partial charge in [-0.25, -0.2) is 9.18 Å². The molecule has 62 valence electrons. The van der Waals surface area contributed by atoms with Gasteiger partial charge in [-0.15, -0.1) is 12.6 Å². The maximum absolute atomic E-state index is 12.7. The van der Waals surface area contributed by atoms with Crippen molar-refractivity contribution < 1.29 is 14.3 Å². The zero-order valence-electron chi connectivity index (χ0n) is 5.48. The number of hydrogen-bond donors (Lipinski definition) is 2. The quantitative estimate of drug-likeness (QED) is 0.630. The third-order valence-corrected chi connectivity index (χ3v) is 4.85. The zero-order chi connectivity index (χ0) is 8.48. The summed E-state index contributed by atoms with van der Waals surface area (Å²) in [6.45, 7) is 0. The SMILES string of the molecule is O=C(O)S1(C(F)S)C=CC=C1. The molecule has 0 bridgehead atoms. The van der Waals surface area contributed by atoms with Crippen molar-refractivity contribution in [2.45, 2.75) is 4.84 Å². The van der Waals surface area contributed by atoms with E-state index in [0.717, 1.165) is 0 Å². The molecule has 0 aromatic rings. The number of alkyl halides is 1. The number of carboxylic acid groups (broad SMARTS) is 1. The number of hydrogen-bond acceptors (Lipinski definition) is 2. The highest BCUT2D eigenvalue weighted by Crippen LogP contribution is 2.60. The van der Waals surface area contributed by atoms with Gasteiger partial charge in [0.2, 0.25) is 0 Å². The number of rotatable bonds is 1. The van der Waals surface area contributed by atoms with Gasteiger partial charge in [-0.3, -0.25) is 0 Å². The average molecular weight is 194 g/mol. The molecule has 0 saturated heterocycles. The first kappa shape index (κ1) is 8.67. The Hall–Kier alpha value is -0.420. The van der Waals surface area contributed by atoms with Crippen LogP contribution in [-0.2, 0) is 0 Å². The van der Waals surface area contributed by atoms with Crippen LogP contribution in [0.3, 0.4) is 0 Å². The monoisotopic (exact) mass is 194 g/mol. The number of carbonyl (C=O) groups is 1. The second kappa shape index (κ2) is 2.91. The summed E-state index contributed by atoms with van der Waals surface area (Å²) in [5, 5.41) is 10.3. The summed E-state index contributed by atoms with van der Waals surface area (Å²) in [4.78, 5) is 8.99. The van der Waals surface area contributed by atoms with E-state index in [9.17, 15) is 9.18 Å². The van der Waals surface area contributed by atoms with Crippen molar-refractivity contribution in [3.8, 4) is 0 Å². The van der Waals surface area contributed by atoms with E-state index in [1.165, 1.54) is 23.0 Å². The van der Waals surface area contributed by atoms with E-state index in [1.807, 2.05) is 0 Å². The van der Waals surface area contributed by atoms with Crippen LogP contribution in [0, 0.1) is 0 Å². The van der Waals surface area contributed by atoms with Crippen LogP contribution < -0.4 is 0 Å². The van der Waals surface area contributed by atoms with Crippen LogP contribution >= 0.6 is 22.7 Å². The van der Waals surface area contributed by atoms with E-state index in [-0.39, 0.29) is 0 Å². The van der Waals surface area contributed by atoms with Crippen molar-refractivity contribution in [2.75, 3.05) is 0 Å². The standard InChI is InChI=1S/C6H7FO2S2/c7-5(10)11(6(8)9)3-1-2-4-11/h1-5,10H,(H,8,9). The third kappa shape index (κ3) is 1.30. The number of thiol groups is 1. The largest absolute Gasteiger partial charge is 0.474 e. The third-order valence-electron chi connectivity index (χ3n) is 1.34. The van der Waals surface area contributed by atoms with Gasteiger partial charge in [0.1, 0.15) is 0 Å². The van der Waals surface area contributed by atoms with Crippen LogP contribution in [0.15, 0.2) is 23.0 Å². The second-order valence-corrected chi connectivity index (χ2v) is 5.61. The molecule has 2 nitrogen and oxygen atoms in total. The molecule has 1 aliphatic rings. The molecule has 1 heterocycles. The Balaban J connectivity index is 2.99. The summed E-state index contributed by atoms with van der Waals surface area (Å²) in [7, 11) is -2.44. The molecule has 0 aromatic heterocycles. The lowest BCUT2D eigenvalue weighted by molar-refractivity contribution is 0.221. The van der Waals surface area contributed by atoms with Crippen molar-refractivity contribution in [3.63, 3.8) is 0 Å². The van der Waals surface area contributed by atoms with Gasteiger partial charge >= 0.3 is 5.30 Å². The normalized spacial score (nSPS) is 24.9. The Kier molecular flexibility index (Phi) is 2.29.